The molecule has 1 heterocycles. The average molecular weight is 700 g/mol. The predicted octanol–water partition coefficient (Wildman–Crippen LogP) is 12.5. The zero-order valence-corrected chi connectivity index (χ0v) is 29.9. The maximum atomic E-state index is 5.22. The molecule has 3 nitrogen and oxygen atoms in total. The van der Waals surface area contributed by atoms with E-state index in [4.69, 9.17) is 15.0 Å². The van der Waals surface area contributed by atoms with Crippen molar-refractivity contribution in [2.24, 2.45) is 0 Å². The Kier molecular flexibility index (Phi) is 7.08. The van der Waals surface area contributed by atoms with Crippen molar-refractivity contribution in [1.29, 1.82) is 0 Å². The van der Waals surface area contributed by atoms with Crippen molar-refractivity contribution >= 4 is 22.9 Å². The topological polar surface area (TPSA) is 38.7 Å². The largest absolute Gasteiger partial charge is 0.208 e. The minimum absolute atomic E-state index is 0.577. The lowest BCUT2D eigenvalue weighted by Crippen LogP contribution is -2.30. The maximum Gasteiger partial charge on any atom is 0.164 e. The second-order valence-electron chi connectivity index (χ2n) is 14.3. The van der Waals surface area contributed by atoms with Crippen molar-refractivity contribution in [2.75, 3.05) is 0 Å². The smallest absolute Gasteiger partial charge is 0.164 e. The summed E-state index contributed by atoms with van der Waals surface area (Å²) >= 11 is 0. The molecule has 11 rings (SSSR count). The van der Waals surface area contributed by atoms with E-state index in [1.807, 2.05) is 24.3 Å². The van der Waals surface area contributed by atoms with Gasteiger partial charge in [0.2, 0.25) is 0 Å². The lowest BCUT2D eigenvalue weighted by molar-refractivity contribution is 0.767. The van der Waals surface area contributed by atoms with Crippen LogP contribution in [0.4, 0.5) is 0 Å². The summed E-state index contributed by atoms with van der Waals surface area (Å²) in [4.78, 5) is 15.5. The molecule has 256 valence electrons. The molecule has 1 unspecified atom stereocenters. The van der Waals surface area contributed by atoms with Gasteiger partial charge < -0.3 is 0 Å². The maximum absolute atomic E-state index is 5.22. The van der Waals surface area contributed by atoms with Crippen molar-refractivity contribution in [2.45, 2.75) is 5.41 Å². The Balaban J connectivity index is 1.16. The molecule has 0 saturated heterocycles. The SMILES string of the molecule is C1=Cc2ccc(-c3nc(-c4ccccc4)nc(-c4ccc(-c5ccccc5)cc4)n3)cc2C2(c3ccccc31)c1ccccc1-c1c2ccc2ccccc12. The first-order chi connectivity index (χ1) is 27.3. The Bertz CT molecular complexity index is 2970. The zero-order valence-electron chi connectivity index (χ0n) is 29.9. The van der Waals surface area contributed by atoms with Gasteiger partial charge in [-0.3, -0.25) is 0 Å². The lowest BCUT2D eigenvalue weighted by atomic mass is 9.65. The van der Waals surface area contributed by atoms with Crippen molar-refractivity contribution < 1.29 is 0 Å². The third-order valence-electron chi connectivity index (χ3n) is 11.4. The first-order valence-corrected chi connectivity index (χ1v) is 18.8. The molecule has 2 aliphatic rings. The molecule has 0 bridgehead atoms. The van der Waals surface area contributed by atoms with Gasteiger partial charge in [-0.25, -0.2) is 15.0 Å². The summed E-state index contributed by atoms with van der Waals surface area (Å²) in [5.41, 5.74) is 14.6. The summed E-state index contributed by atoms with van der Waals surface area (Å²) in [5.74, 6) is 1.92. The highest BCUT2D eigenvalue weighted by Gasteiger charge is 2.49. The van der Waals surface area contributed by atoms with E-state index in [1.54, 1.807) is 0 Å². The minimum Gasteiger partial charge on any atom is -0.208 e. The van der Waals surface area contributed by atoms with E-state index in [2.05, 4.69) is 176 Å². The molecular formula is C52H33N3. The van der Waals surface area contributed by atoms with Crippen LogP contribution in [0.5, 0.6) is 0 Å². The third-order valence-corrected chi connectivity index (χ3v) is 11.4. The molecule has 0 fully saturated rings. The molecule has 1 aromatic heterocycles. The standard InChI is InChI=1S/C52H33N3/c1-3-13-34(14-4-1)35-23-28-40(29-24-35)50-53-49(39-17-5-2-6-18-39)54-51(55-50)41-30-27-38-26-25-37-16-8-11-21-44(37)52(47(38)33-41)45-22-12-10-20-43(45)48-42-19-9-7-15-36(42)31-32-46(48)52/h1-33H. The van der Waals surface area contributed by atoms with Gasteiger partial charge >= 0.3 is 0 Å². The zero-order chi connectivity index (χ0) is 36.3. The summed E-state index contributed by atoms with van der Waals surface area (Å²) in [6, 6.07) is 67.2. The molecular weight excluding hydrogens is 667 g/mol. The van der Waals surface area contributed by atoms with Crippen molar-refractivity contribution in [1.82, 2.24) is 15.0 Å². The quantitative estimate of drug-likeness (QED) is 0.184. The number of benzene rings is 8. The van der Waals surface area contributed by atoms with Gasteiger partial charge in [-0.1, -0.05) is 194 Å². The van der Waals surface area contributed by atoms with Crippen molar-refractivity contribution in [3.63, 3.8) is 0 Å². The molecule has 0 radical (unpaired) electrons. The van der Waals surface area contributed by atoms with Crippen LogP contribution in [0.3, 0.4) is 0 Å². The molecule has 8 aromatic carbocycles. The highest BCUT2D eigenvalue weighted by Crippen LogP contribution is 2.60. The molecule has 55 heavy (non-hydrogen) atoms. The van der Waals surface area contributed by atoms with Gasteiger partial charge in [0.05, 0.1) is 5.41 Å². The highest BCUT2D eigenvalue weighted by atomic mass is 15.0. The summed E-state index contributed by atoms with van der Waals surface area (Å²) < 4.78 is 0. The summed E-state index contributed by atoms with van der Waals surface area (Å²) in [7, 11) is 0. The molecule has 1 atom stereocenters. The van der Waals surface area contributed by atoms with Crippen LogP contribution < -0.4 is 0 Å². The van der Waals surface area contributed by atoms with Crippen LogP contribution in [-0.2, 0) is 5.41 Å². The fourth-order valence-electron chi connectivity index (χ4n) is 8.89. The summed E-state index contributed by atoms with van der Waals surface area (Å²) in [6.45, 7) is 0. The second kappa shape index (κ2) is 12.4. The van der Waals surface area contributed by atoms with Crippen LogP contribution in [-0.4, -0.2) is 15.0 Å². The molecule has 0 N–H and O–H groups in total. The van der Waals surface area contributed by atoms with E-state index in [0.29, 0.717) is 17.5 Å². The van der Waals surface area contributed by atoms with E-state index >= 15 is 0 Å². The van der Waals surface area contributed by atoms with E-state index in [1.165, 1.54) is 60.8 Å². The van der Waals surface area contributed by atoms with Crippen LogP contribution in [0, 0.1) is 0 Å². The molecule has 1 spiro atoms. The van der Waals surface area contributed by atoms with Gasteiger partial charge in [0.15, 0.2) is 17.5 Å². The first kappa shape index (κ1) is 31.3. The molecule has 9 aromatic rings. The van der Waals surface area contributed by atoms with Gasteiger partial charge in [0, 0.05) is 16.7 Å². The number of nitrogens with zero attached hydrogens (tertiary/aromatic N) is 3. The summed E-state index contributed by atoms with van der Waals surface area (Å²) in [6.07, 6.45) is 4.55. The Morgan fingerprint density at radius 2 is 0.855 bits per heavy atom. The van der Waals surface area contributed by atoms with Crippen LogP contribution in [0.15, 0.2) is 188 Å². The Morgan fingerprint density at radius 3 is 1.62 bits per heavy atom. The molecule has 3 heteroatoms. The number of aromatic nitrogens is 3. The monoisotopic (exact) mass is 699 g/mol. The van der Waals surface area contributed by atoms with Crippen molar-refractivity contribution in [3.8, 4) is 56.4 Å². The molecule has 2 aliphatic carbocycles. The predicted molar refractivity (Wildman–Crippen MR) is 225 cm³/mol. The fraction of sp³-hybridized carbons (Fsp3) is 0.0192. The second-order valence-corrected chi connectivity index (χ2v) is 14.3. The number of hydrogen-bond acceptors (Lipinski definition) is 3. The van der Waals surface area contributed by atoms with Gasteiger partial charge in [-0.15, -0.1) is 0 Å². The van der Waals surface area contributed by atoms with Gasteiger partial charge in [0.1, 0.15) is 0 Å². The van der Waals surface area contributed by atoms with E-state index in [0.717, 1.165) is 22.3 Å². The Hall–Kier alpha value is -7.23. The van der Waals surface area contributed by atoms with Gasteiger partial charge in [0.25, 0.3) is 0 Å². The van der Waals surface area contributed by atoms with Crippen LogP contribution in [0.25, 0.3) is 79.3 Å². The van der Waals surface area contributed by atoms with Gasteiger partial charge in [-0.2, -0.15) is 0 Å². The van der Waals surface area contributed by atoms with Crippen molar-refractivity contribution in [3.05, 3.63) is 221 Å². The lowest BCUT2D eigenvalue weighted by Gasteiger charge is -2.35. The van der Waals surface area contributed by atoms with Crippen LogP contribution >= 0.6 is 0 Å². The first-order valence-electron chi connectivity index (χ1n) is 18.8. The fourth-order valence-corrected chi connectivity index (χ4v) is 8.89. The Labute approximate surface area is 320 Å². The molecule has 0 saturated carbocycles. The van der Waals surface area contributed by atoms with E-state index in [9.17, 15) is 0 Å². The Morgan fingerprint density at radius 1 is 0.327 bits per heavy atom. The number of fused-ring (bicyclic) bond motifs is 11. The minimum atomic E-state index is -0.577. The number of hydrogen-bond donors (Lipinski definition) is 0. The number of rotatable bonds is 4. The summed E-state index contributed by atoms with van der Waals surface area (Å²) in [5, 5.41) is 2.51. The average Bonchev–Trinajstić information content (AvgIpc) is 3.48. The molecule has 0 amide bonds. The third kappa shape index (κ3) is 4.87. The van der Waals surface area contributed by atoms with Gasteiger partial charge in [-0.05, 0) is 72.5 Å². The normalized spacial score (nSPS) is 14.9. The van der Waals surface area contributed by atoms with E-state index in [-0.39, 0.29) is 0 Å². The highest BCUT2D eigenvalue weighted by molar-refractivity contribution is 6.05. The molecule has 0 aliphatic heterocycles. The van der Waals surface area contributed by atoms with Crippen LogP contribution in [0.2, 0.25) is 0 Å². The van der Waals surface area contributed by atoms with E-state index < -0.39 is 5.41 Å². The van der Waals surface area contributed by atoms with Crippen LogP contribution in [0.1, 0.15) is 33.4 Å².